The number of hydrogen-bond acceptors (Lipinski definition) is 4. The standard InChI is InChI=1S/C23H31ClO4/c1-15-6-11-20-17(5-3-4-16-7-9-18(24)10-8-16)14-25-21-23(20)19(15)12-13-22(2,26-21)27-28-23/h7-10,15,17,19-21H,3-6,11-14H2,1-2H3/t15-,17+,19+,20+,21-,22-,23-/m1/s1. The monoisotopic (exact) mass is 406 g/mol. The Morgan fingerprint density at radius 1 is 1.07 bits per heavy atom. The number of fused-ring (bicyclic) bond motifs is 2. The van der Waals surface area contributed by atoms with Crippen LogP contribution in [0.25, 0.3) is 0 Å². The number of rotatable bonds is 4. The van der Waals surface area contributed by atoms with E-state index in [0.717, 1.165) is 43.7 Å². The molecular weight excluding hydrogens is 376 g/mol. The lowest BCUT2D eigenvalue weighted by molar-refractivity contribution is -0.567. The Labute approximate surface area is 172 Å². The number of aryl methyl sites for hydroxylation is 1. The third kappa shape index (κ3) is 3.13. The zero-order chi connectivity index (χ0) is 19.4. The molecule has 6 rings (SSSR count). The van der Waals surface area contributed by atoms with E-state index in [4.69, 9.17) is 30.8 Å². The zero-order valence-electron chi connectivity index (χ0n) is 16.9. The smallest absolute Gasteiger partial charge is 0.201 e. The molecule has 0 unspecified atom stereocenters. The fourth-order valence-electron chi connectivity index (χ4n) is 6.23. The Balaban J connectivity index is 1.33. The van der Waals surface area contributed by atoms with Gasteiger partial charge in [-0.15, -0.1) is 0 Å². The van der Waals surface area contributed by atoms with E-state index in [9.17, 15) is 0 Å². The maximum Gasteiger partial charge on any atom is 0.201 e. The van der Waals surface area contributed by atoms with Gasteiger partial charge in [-0.3, -0.25) is 0 Å². The van der Waals surface area contributed by atoms with Gasteiger partial charge in [0, 0.05) is 17.4 Å². The highest BCUT2D eigenvalue weighted by atomic mass is 35.5. The summed E-state index contributed by atoms with van der Waals surface area (Å²) in [5.41, 5.74) is 0.912. The minimum absolute atomic E-state index is 0.293. The van der Waals surface area contributed by atoms with Gasteiger partial charge in [0.25, 0.3) is 0 Å². The molecule has 28 heavy (non-hydrogen) atoms. The van der Waals surface area contributed by atoms with Crippen molar-refractivity contribution in [1.29, 1.82) is 0 Å². The molecule has 0 radical (unpaired) electrons. The molecule has 154 valence electrons. The van der Waals surface area contributed by atoms with E-state index in [-0.39, 0.29) is 6.29 Å². The molecule has 1 aromatic carbocycles. The van der Waals surface area contributed by atoms with Gasteiger partial charge in [-0.1, -0.05) is 30.7 Å². The molecule has 0 aromatic heterocycles. The number of hydrogen-bond donors (Lipinski definition) is 0. The third-order valence-electron chi connectivity index (χ3n) is 7.76. The number of halogens is 1. The van der Waals surface area contributed by atoms with Gasteiger partial charge in [0.15, 0.2) is 11.9 Å². The van der Waals surface area contributed by atoms with Crippen molar-refractivity contribution in [3.8, 4) is 0 Å². The van der Waals surface area contributed by atoms with Crippen LogP contribution < -0.4 is 0 Å². The quantitative estimate of drug-likeness (QED) is 0.616. The molecule has 5 fully saturated rings. The molecule has 5 heteroatoms. The molecular formula is C23H31ClO4. The van der Waals surface area contributed by atoms with Crippen LogP contribution in [0.4, 0.5) is 0 Å². The summed E-state index contributed by atoms with van der Waals surface area (Å²) in [6.07, 6.45) is 7.46. The van der Waals surface area contributed by atoms with Gasteiger partial charge in [0.2, 0.25) is 5.79 Å². The molecule has 4 nitrogen and oxygen atoms in total. The number of benzene rings is 1. The lowest BCUT2D eigenvalue weighted by atomic mass is 9.57. The first-order chi connectivity index (χ1) is 13.5. The molecule has 0 amide bonds. The van der Waals surface area contributed by atoms with E-state index < -0.39 is 11.4 Å². The summed E-state index contributed by atoms with van der Waals surface area (Å²) >= 11 is 6.01. The molecule has 1 aliphatic carbocycles. The lowest BCUT2D eigenvalue weighted by Gasteiger charge is -2.59. The van der Waals surface area contributed by atoms with Crippen LogP contribution in [0.15, 0.2) is 24.3 Å². The maximum atomic E-state index is 6.33. The molecule has 7 atom stereocenters. The Bertz CT molecular complexity index is 709. The van der Waals surface area contributed by atoms with Gasteiger partial charge in [0.1, 0.15) is 0 Å². The van der Waals surface area contributed by atoms with Crippen LogP contribution in [-0.4, -0.2) is 24.3 Å². The van der Waals surface area contributed by atoms with Gasteiger partial charge in [-0.25, -0.2) is 9.78 Å². The lowest BCUT2D eigenvalue weighted by Crippen LogP contribution is -2.69. The minimum atomic E-state index is -0.668. The van der Waals surface area contributed by atoms with E-state index in [1.54, 1.807) is 0 Å². The van der Waals surface area contributed by atoms with Crippen LogP contribution in [0.5, 0.6) is 0 Å². The predicted octanol–water partition coefficient (Wildman–Crippen LogP) is 5.52. The first-order valence-corrected chi connectivity index (χ1v) is 11.3. The highest BCUT2D eigenvalue weighted by Crippen LogP contribution is 2.60. The summed E-state index contributed by atoms with van der Waals surface area (Å²) in [5.74, 6) is 1.33. The van der Waals surface area contributed by atoms with Crippen molar-refractivity contribution in [2.75, 3.05) is 6.61 Å². The van der Waals surface area contributed by atoms with Crippen molar-refractivity contribution < 1.29 is 19.2 Å². The summed E-state index contributed by atoms with van der Waals surface area (Å²) in [7, 11) is 0. The topological polar surface area (TPSA) is 36.9 Å². The largest absolute Gasteiger partial charge is 0.349 e. The van der Waals surface area contributed by atoms with Crippen molar-refractivity contribution in [3.05, 3.63) is 34.9 Å². The summed E-state index contributed by atoms with van der Waals surface area (Å²) < 4.78 is 12.7. The summed E-state index contributed by atoms with van der Waals surface area (Å²) in [4.78, 5) is 12.1. The van der Waals surface area contributed by atoms with Crippen molar-refractivity contribution in [2.45, 2.75) is 76.5 Å². The number of ether oxygens (including phenoxy) is 2. The molecule has 4 saturated heterocycles. The fourth-order valence-corrected chi connectivity index (χ4v) is 6.35. The first kappa shape index (κ1) is 19.3. The van der Waals surface area contributed by atoms with Crippen LogP contribution in [0.3, 0.4) is 0 Å². The van der Waals surface area contributed by atoms with Crippen molar-refractivity contribution in [2.24, 2.45) is 23.7 Å². The second-order valence-corrected chi connectivity index (χ2v) is 9.96. The molecule has 2 bridgehead atoms. The maximum absolute atomic E-state index is 6.33. The zero-order valence-corrected chi connectivity index (χ0v) is 17.6. The second kappa shape index (κ2) is 7.24. The molecule has 5 aliphatic rings. The molecule has 1 aromatic rings. The van der Waals surface area contributed by atoms with E-state index in [0.29, 0.717) is 23.7 Å². The van der Waals surface area contributed by atoms with E-state index in [1.807, 2.05) is 19.1 Å². The van der Waals surface area contributed by atoms with Gasteiger partial charge >= 0.3 is 0 Å². The molecule has 0 N–H and O–H groups in total. The Kier molecular flexibility index (Phi) is 5.00. The van der Waals surface area contributed by atoms with Crippen LogP contribution in [0.2, 0.25) is 5.02 Å². The van der Waals surface area contributed by atoms with Crippen LogP contribution in [-0.2, 0) is 25.7 Å². The Morgan fingerprint density at radius 3 is 2.71 bits per heavy atom. The van der Waals surface area contributed by atoms with Crippen molar-refractivity contribution in [3.63, 3.8) is 0 Å². The van der Waals surface area contributed by atoms with Crippen molar-refractivity contribution in [1.82, 2.24) is 0 Å². The predicted molar refractivity (Wildman–Crippen MR) is 107 cm³/mol. The van der Waals surface area contributed by atoms with Crippen LogP contribution in [0.1, 0.15) is 57.9 Å². The second-order valence-electron chi connectivity index (χ2n) is 9.52. The summed E-state index contributed by atoms with van der Waals surface area (Å²) in [6.45, 7) is 5.11. The van der Waals surface area contributed by atoms with Crippen molar-refractivity contribution >= 4 is 11.6 Å². The normalized spacial score (nSPS) is 44.8. The average molecular weight is 407 g/mol. The Morgan fingerprint density at radius 2 is 1.89 bits per heavy atom. The fraction of sp³-hybridized carbons (Fsp3) is 0.739. The summed E-state index contributed by atoms with van der Waals surface area (Å²) in [5, 5.41) is 0.798. The molecule has 4 heterocycles. The Hall–Kier alpha value is -0.650. The van der Waals surface area contributed by atoms with Crippen LogP contribution in [0, 0.1) is 23.7 Å². The first-order valence-electron chi connectivity index (χ1n) is 10.9. The van der Waals surface area contributed by atoms with E-state index in [2.05, 4.69) is 19.1 Å². The van der Waals surface area contributed by atoms with Gasteiger partial charge < -0.3 is 9.47 Å². The molecule has 4 aliphatic heterocycles. The average Bonchev–Trinajstić information content (AvgIpc) is 2.92. The highest BCUT2D eigenvalue weighted by Gasteiger charge is 2.68. The summed E-state index contributed by atoms with van der Waals surface area (Å²) in [6, 6.07) is 8.21. The third-order valence-corrected chi connectivity index (χ3v) is 8.01. The van der Waals surface area contributed by atoms with Gasteiger partial charge in [-0.05, 0) is 80.9 Å². The van der Waals surface area contributed by atoms with Gasteiger partial charge in [0.05, 0.1) is 6.61 Å². The van der Waals surface area contributed by atoms with E-state index in [1.165, 1.54) is 18.4 Å². The van der Waals surface area contributed by atoms with Gasteiger partial charge in [-0.2, -0.15) is 0 Å². The minimum Gasteiger partial charge on any atom is -0.349 e. The van der Waals surface area contributed by atoms with E-state index >= 15 is 0 Å². The molecule has 1 saturated carbocycles. The highest BCUT2D eigenvalue weighted by molar-refractivity contribution is 6.30. The SMILES string of the molecule is C[C@@H]1CC[C@H]2[C@@H](CCCc3ccc(Cl)cc3)CO[C@@H]3O[C@@]4(C)CC[C@@H]1[C@]32OO4. The molecule has 1 spiro atoms. The van der Waals surface area contributed by atoms with Crippen LogP contribution >= 0.6 is 11.6 Å².